The van der Waals surface area contributed by atoms with Crippen LogP contribution in [0.3, 0.4) is 0 Å². The fourth-order valence-corrected chi connectivity index (χ4v) is 5.09. The quantitative estimate of drug-likeness (QED) is 0.919. The van der Waals surface area contributed by atoms with Crippen LogP contribution in [0.2, 0.25) is 0 Å². The van der Waals surface area contributed by atoms with Crippen molar-refractivity contribution in [2.75, 3.05) is 45.3 Å². The highest BCUT2D eigenvalue weighted by Crippen LogP contribution is 2.46. The lowest BCUT2D eigenvalue weighted by atomic mass is 9.79. The van der Waals surface area contributed by atoms with Gasteiger partial charge in [0.2, 0.25) is 0 Å². The van der Waals surface area contributed by atoms with E-state index in [1.807, 2.05) is 6.07 Å². The third-order valence-corrected chi connectivity index (χ3v) is 6.32. The summed E-state index contributed by atoms with van der Waals surface area (Å²) in [4.78, 5) is 2.64. The number of aryl methyl sites for hydroxylation is 1. The van der Waals surface area contributed by atoms with Gasteiger partial charge in [0.1, 0.15) is 0 Å². The molecule has 0 radical (unpaired) electrons. The number of rotatable bonds is 3. The third kappa shape index (κ3) is 2.39. The van der Waals surface area contributed by atoms with E-state index in [-0.39, 0.29) is 0 Å². The fourth-order valence-electron chi connectivity index (χ4n) is 5.09. The van der Waals surface area contributed by atoms with E-state index in [0.717, 1.165) is 30.5 Å². The van der Waals surface area contributed by atoms with Crippen LogP contribution in [0, 0.1) is 5.92 Å². The van der Waals surface area contributed by atoms with Crippen molar-refractivity contribution in [1.29, 1.82) is 0 Å². The molecule has 2 atom stereocenters. The topological polar surface area (TPSA) is 33.7 Å². The van der Waals surface area contributed by atoms with Gasteiger partial charge in [0, 0.05) is 37.8 Å². The molecule has 0 spiro atoms. The minimum absolute atomic E-state index is 0.651. The van der Waals surface area contributed by atoms with Gasteiger partial charge in [-0.05, 0) is 65.3 Å². The van der Waals surface area contributed by atoms with Gasteiger partial charge >= 0.3 is 0 Å². The second-order valence-corrected chi connectivity index (χ2v) is 7.72. The maximum Gasteiger partial charge on any atom is 0.161 e. The van der Waals surface area contributed by atoms with Gasteiger partial charge in [-0.3, -0.25) is 0 Å². The van der Waals surface area contributed by atoms with E-state index in [0.29, 0.717) is 5.92 Å². The molecule has 0 unspecified atom stereocenters. The van der Waals surface area contributed by atoms with Crippen LogP contribution in [-0.4, -0.2) is 40.4 Å². The summed E-state index contributed by atoms with van der Waals surface area (Å²) in [7, 11) is 3.38. The number of fused-ring (bicyclic) bond motifs is 2. The Morgan fingerprint density at radius 2 is 1.88 bits per heavy atom. The number of hydrogen-bond donors (Lipinski definition) is 1. The molecule has 0 amide bonds. The molecular weight excluding hydrogens is 324 g/mol. The molecule has 3 aliphatic heterocycles. The molecule has 4 heteroatoms. The number of benzene rings is 2. The summed E-state index contributed by atoms with van der Waals surface area (Å²) < 4.78 is 10.9. The van der Waals surface area contributed by atoms with E-state index >= 15 is 0 Å². The summed E-state index contributed by atoms with van der Waals surface area (Å²) >= 11 is 0. The lowest BCUT2D eigenvalue weighted by Gasteiger charge is -2.42. The predicted octanol–water partition coefficient (Wildman–Crippen LogP) is 3.44. The zero-order valence-electron chi connectivity index (χ0n) is 15.5. The van der Waals surface area contributed by atoms with Crippen LogP contribution in [0.25, 0.3) is 11.1 Å². The Hall–Kier alpha value is -2.20. The lowest BCUT2D eigenvalue weighted by Crippen LogP contribution is -2.40. The standard InChI is InChI=1S/C22H26N2O2/c1-25-20-6-5-14(10-21(20)26-2)16-8-15-4-3-7-24-13-17-11-23-12-19(17)18(9-16)22(15)24/h5-6,8-10,17,19,23H,3-4,7,11-13H2,1-2H3/t17-,19-/m1/s1. The largest absolute Gasteiger partial charge is 0.493 e. The molecule has 0 bridgehead atoms. The first-order chi connectivity index (χ1) is 12.8. The van der Waals surface area contributed by atoms with E-state index in [2.05, 4.69) is 34.5 Å². The second-order valence-electron chi connectivity index (χ2n) is 7.72. The molecular formula is C22H26N2O2. The molecule has 2 aromatic rings. The number of methoxy groups -OCH3 is 2. The van der Waals surface area contributed by atoms with E-state index in [9.17, 15) is 0 Å². The Kier molecular flexibility index (Phi) is 3.82. The van der Waals surface area contributed by atoms with Crippen molar-refractivity contribution < 1.29 is 9.47 Å². The molecule has 1 saturated heterocycles. The van der Waals surface area contributed by atoms with Crippen molar-refractivity contribution in [3.8, 4) is 22.6 Å². The molecule has 1 N–H and O–H groups in total. The van der Waals surface area contributed by atoms with Gasteiger partial charge in [-0.15, -0.1) is 0 Å². The molecule has 0 aliphatic carbocycles. The number of nitrogens with zero attached hydrogens (tertiary/aromatic N) is 1. The first-order valence-electron chi connectivity index (χ1n) is 9.63. The zero-order chi connectivity index (χ0) is 17.7. The SMILES string of the molecule is COc1ccc(-c2cc3c4c(c2)[C@@H]2CNC[C@@H]2CN4CCC3)cc1OC. The zero-order valence-corrected chi connectivity index (χ0v) is 15.5. The van der Waals surface area contributed by atoms with Crippen molar-refractivity contribution in [3.63, 3.8) is 0 Å². The van der Waals surface area contributed by atoms with Crippen LogP contribution in [0.15, 0.2) is 30.3 Å². The Morgan fingerprint density at radius 1 is 1.00 bits per heavy atom. The summed E-state index contributed by atoms with van der Waals surface area (Å²) in [6.45, 7) is 4.68. The highest BCUT2D eigenvalue weighted by molar-refractivity contribution is 5.76. The summed E-state index contributed by atoms with van der Waals surface area (Å²) in [5.74, 6) is 2.97. The van der Waals surface area contributed by atoms with Crippen LogP contribution >= 0.6 is 0 Å². The van der Waals surface area contributed by atoms with E-state index in [1.165, 1.54) is 48.3 Å². The maximum absolute atomic E-state index is 5.52. The molecule has 2 aromatic carbocycles. The first-order valence-corrected chi connectivity index (χ1v) is 9.63. The third-order valence-electron chi connectivity index (χ3n) is 6.32. The van der Waals surface area contributed by atoms with Crippen molar-refractivity contribution in [1.82, 2.24) is 5.32 Å². The molecule has 0 saturated carbocycles. The van der Waals surface area contributed by atoms with Crippen LogP contribution in [-0.2, 0) is 6.42 Å². The van der Waals surface area contributed by atoms with Crippen molar-refractivity contribution in [2.24, 2.45) is 5.92 Å². The van der Waals surface area contributed by atoms with Crippen molar-refractivity contribution >= 4 is 5.69 Å². The number of hydrogen-bond acceptors (Lipinski definition) is 4. The second kappa shape index (κ2) is 6.20. The van der Waals surface area contributed by atoms with Gasteiger partial charge in [0.25, 0.3) is 0 Å². The van der Waals surface area contributed by atoms with E-state index in [1.54, 1.807) is 19.8 Å². The average Bonchev–Trinajstić information content (AvgIpc) is 3.16. The maximum atomic E-state index is 5.52. The van der Waals surface area contributed by atoms with Gasteiger partial charge < -0.3 is 19.7 Å². The number of anilines is 1. The fraction of sp³-hybridized carbons (Fsp3) is 0.455. The first kappa shape index (κ1) is 16.0. The Bertz CT molecular complexity index is 848. The van der Waals surface area contributed by atoms with Gasteiger partial charge in [0.05, 0.1) is 14.2 Å². The number of ether oxygens (including phenoxy) is 2. The molecule has 3 aliphatic rings. The van der Waals surface area contributed by atoms with Crippen molar-refractivity contribution in [2.45, 2.75) is 18.8 Å². The average molecular weight is 350 g/mol. The molecule has 1 fully saturated rings. The molecule has 5 rings (SSSR count). The van der Waals surface area contributed by atoms with Crippen LogP contribution in [0.5, 0.6) is 11.5 Å². The van der Waals surface area contributed by atoms with Crippen molar-refractivity contribution in [3.05, 3.63) is 41.5 Å². The summed E-state index contributed by atoms with van der Waals surface area (Å²) in [6, 6.07) is 11.1. The normalized spacial score (nSPS) is 23.4. The molecule has 4 nitrogen and oxygen atoms in total. The summed E-state index contributed by atoms with van der Waals surface area (Å²) in [5.41, 5.74) is 7.10. The summed E-state index contributed by atoms with van der Waals surface area (Å²) in [5, 5.41) is 3.62. The molecule has 0 aromatic heterocycles. The van der Waals surface area contributed by atoms with Crippen LogP contribution in [0.4, 0.5) is 5.69 Å². The minimum atomic E-state index is 0.651. The molecule has 136 valence electrons. The predicted molar refractivity (Wildman–Crippen MR) is 105 cm³/mol. The Morgan fingerprint density at radius 3 is 2.73 bits per heavy atom. The number of nitrogens with one attached hydrogen (secondary N) is 1. The monoisotopic (exact) mass is 350 g/mol. The van der Waals surface area contributed by atoms with Gasteiger partial charge in [0.15, 0.2) is 11.5 Å². The van der Waals surface area contributed by atoms with Gasteiger partial charge in [-0.2, -0.15) is 0 Å². The smallest absolute Gasteiger partial charge is 0.161 e. The van der Waals surface area contributed by atoms with Gasteiger partial charge in [-0.25, -0.2) is 0 Å². The molecule has 3 heterocycles. The van der Waals surface area contributed by atoms with E-state index < -0.39 is 0 Å². The Balaban J connectivity index is 1.65. The summed E-state index contributed by atoms with van der Waals surface area (Å²) in [6.07, 6.45) is 2.44. The van der Waals surface area contributed by atoms with Gasteiger partial charge in [-0.1, -0.05) is 6.07 Å². The highest BCUT2D eigenvalue weighted by Gasteiger charge is 2.38. The van der Waals surface area contributed by atoms with Crippen LogP contribution in [0.1, 0.15) is 23.5 Å². The minimum Gasteiger partial charge on any atom is -0.493 e. The highest BCUT2D eigenvalue weighted by atomic mass is 16.5. The van der Waals surface area contributed by atoms with E-state index in [4.69, 9.17) is 9.47 Å². The lowest BCUT2D eigenvalue weighted by molar-refractivity contribution is 0.355. The Labute approximate surface area is 155 Å². The molecule has 26 heavy (non-hydrogen) atoms. The van der Waals surface area contributed by atoms with Crippen LogP contribution < -0.4 is 19.7 Å².